The largest absolute Gasteiger partial charge is 0.492 e. The van der Waals surface area contributed by atoms with Crippen molar-refractivity contribution in [2.24, 2.45) is 5.73 Å². The van der Waals surface area contributed by atoms with Gasteiger partial charge < -0.3 is 10.5 Å². The highest BCUT2D eigenvalue weighted by molar-refractivity contribution is 5.21. The maximum absolute atomic E-state index is 5.86. The first kappa shape index (κ1) is 12.0. The van der Waals surface area contributed by atoms with E-state index in [4.69, 9.17) is 10.5 Å². The summed E-state index contributed by atoms with van der Waals surface area (Å²) in [5.74, 6) is 0.829. The van der Waals surface area contributed by atoms with E-state index in [-0.39, 0.29) is 6.04 Å². The summed E-state index contributed by atoms with van der Waals surface area (Å²) in [6.45, 7) is 4.96. The third-order valence-corrected chi connectivity index (χ3v) is 2.35. The summed E-state index contributed by atoms with van der Waals surface area (Å²) < 4.78 is 5.51. The fourth-order valence-corrected chi connectivity index (χ4v) is 1.24. The summed E-state index contributed by atoms with van der Waals surface area (Å²) in [6.07, 6.45) is 4.88. The van der Waals surface area contributed by atoms with Gasteiger partial charge in [0, 0.05) is 6.04 Å². The summed E-state index contributed by atoms with van der Waals surface area (Å²) in [7, 11) is 0. The fraction of sp³-hybridized carbons (Fsp3) is 0.583. The van der Waals surface area contributed by atoms with E-state index in [2.05, 4.69) is 18.8 Å². The molecule has 0 aliphatic rings. The highest BCUT2D eigenvalue weighted by Gasteiger charge is 2.04. The lowest BCUT2D eigenvalue weighted by Gasteiger charge is -2.09. The minimum Gasteiger partial charge on any atom is -0.492 e. The highest BCUT2D eigenvalue weighted by Crippen LogP contribution is 2.15. The minimum atomic E-state index is 0.0368. The fourth-order valence-electron chi connectivity index (χ4n) is 1.24. The Labute approximate surface area is 91.7 Å². The van der Waals surface area contributed by atoms with Gasteiger partial charge in [0.1, 0.15) is 5.75 Å². The average Bonchev–Trinajstić information content (AvgIpc) is 2.29. The SMILES string of the molecule is CCCCOc1ccc([C@H](N)CC)nc1. The van der Waals surface area contributed by atoms with Gasteiger partial charge >= 0.3 is 0 Å². The number of nitrogens with zero attached hydrogens (tertiary/aromatic N) is 1. The lowest BCUT2D eigenvalue weighted by molar-refractivity contribution is 0.308. The van der Waals surface area contributed by atoms with Gasteiger partial charge in [-0.1, -0.05) is 20.3 Å². The van der Waals surface area contributed by atoms with Crippen LogP contribution in [0.1, 0.15) is 44.8 Å². The van der Waals surface area contributed by atoms with Crippen LogP contribution in [0.4, 0.5) is 0 Å². The Kier molecular flexibility index (Phi) is 5.12. The van der Waals surface area contributed by atoms with Crippen molar-refractivity contribution in [2.75, 3.05) is 6.61 Å². The Morgan fingerprint density at radius 3 is 2.73 bits per heavy atom. The molecule has 0 fully saturated rings. The summed E-state index contributed by atoms with van der Waals surface area (Å²) in [6, 6.07) is 3.91. The van der Waals surface area contributed by atoms with Crippen molar-refractivity contribution in [1.82, 2.24) is 4.98 Å². The second-order valence-corrected chi connectivity index (χ2v) is 3.64. The predicted molar refractivity (Wildman–Crippen MR) is 61.9 cm³/mol. The van der Waals surface area contributed by atoms with Gasteiger partial charge in [0.05, 0.1) is 18.5 Å². The second kappa shape index (κ2) is 6.40. The molecule has 2 N–H and O–H groups in total. The van der Waals surface area contributed by atoms with Gasteiger partial charge in [-0.15, -0.1) is 0 Å². The number of hydrogen-bond acceptors (Lipinski definition) is 3. The molecule has 15 heavy (non-hydrogen) atoms. The van der Waals surface area contributed by atoms with Crippen LogP contribution < -0.4 is 10.5 Å². The molecule has 0 amide bonds. The molecule has 1 aromatic heterocycles. The Bertz CT molecular complexity index is 271. The summed E-state index contributed by atoms with van der Waals surface area (Å²) >= 11 is 0. The summed E-state index contributed by atoms with van der Waals surface area (Å²) in [4.78, 5) is 4.28. The van der Waals surface area contributed by atoms with Crippen molar-refractivity contribution in [3.05, 3.63) is 24.0 Å². The Morgan fingerprint density at radius 2 is 2.20 bits per heavy atom. The van der Waals surface area contributed by atoms with E-state index in [1.165, 1.54) is 0 Å². The van der Waals surface area contributed by atoms with Crippen LogP contribution in [-0.4, -0.2) is 11.6 Å². The zero-order valence-corrected chi connectivity index (χ0v) is 9.57. The molecular formula is C12H20N2O. The van der Waals surface area contributed by atoms with Gasteiger partial charge in [-0.3, -0.25) is 4.98 Å². The van der Waals surface area contributed by atoms with Crippen molar-refractivity contribution >= 4 is 0 Å². The predicted octanol–water partition coefficient (Wildman–Crippen LogP) is 2.67. The van der Waals surface area contributed by atoms with Crippen LogP contribution in [0.25, 0.3) is 0 Å². The number of unbranched alkanes of at least 4 members (excludes halogenated alkanes) is 1. The first-order chi connectivity index (χ1) is 7.27. The van der Waals surface area contributed by atoms with Crippen LogP contribution in [0.15, 0.2) is 18.3 Å². The van der Waals surface area contributed by atoms with Crippen molar-refractivity contribution < 1.29 is 4.74 Å². The molecule has 1 atom stereocenters. The second-order valence-electron chi connectivity index (χ2n) is 3.64. The third-order valence-electron chi connectivity index (χ3n) is 2.35. The topological polar surface area (TPSA) is 48.1 Å². The lowest BCUT2D eigenvalue weighted by atomic mass is 10.1. The standard InChI is InChI=1S/C12H20N2O/c1-3-5-8-15-10-6-7-12(14-9-10)11(13)4-2/h6-7,9,11H,3-5,8,13H2,1-2H3/t11-/m1/s1. The van der Waals surface area contributed by atoms with Gasteiger partial charge in [0.15, 0.2) is 0 Å². The monoisotopic (exact) mass is 208 g/mol. The van der Waals surface area contributed by atoms with Gasteiger partial charge in [0.25, 0.3) is 0 Å². The maximum atomic E-state index is 5.86. The molecule has 1 heterocycles. The van der Waals surface area contributed by atoms with Gasteiger partial charge in [-0.05, 0) is 25.0 Å². The smallest absolute Gasteiger partial charge is 0.137 e. The van der Waals surface area contributed by atoms with Crippen molar-refractivity contribution in [3.8, 4) is 5.75 Å². The van der Waals surface area contributed by atoms with Crippen LogP contribution in [0.5, 0.6) is 5.75 Å². The van der Waals surface area contributed by atoms with Crippen LogP contribution in [0.3, 0.4) is 0 Å². The van der Waals surface area contributed by atoms with E-state index in [1.54, 1.807) is 6.20 Å². The molecule has 0 spiro atoms. The zero-order valence-electron chi connectivity index (χ0n) is 9.57. The maximum Gasteiger partial charge on any atom is 0.137 e. The van der Waals surface area contributed by atoms with Gasteiger partial charge in [-0.25, -0.2) is 0 Å². The Balaban J connectivity index is 2.49. The summed E-state index contributed by atoms with van der Waals surface area (Å²) in [5, 5.41) is 0. The van der Waals surface area contributed by atoms with E-state index >= 15 is 0 Å². The molecule has 3 heteroatoms. The number of hydrogen-bond donors (Lipinski definition) is 1. The normalized spacial score (nSPS) is 12.5. The number of rotatable bonds is 6. The molecule has 3 nitrogen and oxygen atoms in total. The van der Waals surface area contributed by atoms with E-state index in [0.29, 0.717) is 0 Å². The van der Waals surface area contributed by atoms with Crippen LogP contribution in [-0.2, 0) is 0 Å². The number of pyridine rings is 1. The molecule has 0 radical (unpaired) electrons. The van der Waals surface area contributed by atoms with Crippen molar-refractivity contribution in [3.63, 3.8) is 0 Å². The molecule has 0 bridgehead atoms. The highest BCUT2D eigenvalue weighted by atomic mass is 16.5. The Hall–Kier alpha value is -1.09. The average molecular weight is 208 g/mol. The third kappa shape index (κ3) is 3.88. The minimum absolute atomic E-state index is 0.0368. The molecule has 0 saturated heterocycles. The van der Waals surface area contributed by atoms with Gasteiger partial charge in [0.2, 0.25) is 0 Å². The van der Waals surface area contributed by atoms with E-state index < -0.39 is 0 Å². The van der Waals surface area contributed by atoms with E-state index in [0.717, 1.165) is 37.3 Å². The van der Waals surface area contributed by atoms with Crippen LogP contribution in [0, 0.1) is 0 Å². The van der Waals surface area contributed by atoms with Crippen LogP contribution in [0.2, 0.25) is 0 Å². The number of aromatic nitrogens is 1. The zero-order chi connectivity index (χ0) is 11.1. The molecule has 1 aromatic rings. The molecule has 0 aromatic carbocycles. The first-order valence-electron chi connectivity index (χ1n) is 5.62. The first-order valence-corrected chi connectivity index (χ1v) is 5.62. The molecule has 1 rings (SSSR count). The van der Waals surface area contributed by atoms with Gasteiger partial charge in [-0.2, -0.15) is 0 Å². The quantitative estimate of drug-likeness (QED) is 0.731. The molecule has 0 aliphatic heterocycles. The van der Waals surface area contributed by atoms with E-state index in [1.807, 2.05) is 12.1 Å². The molecule has 84 valence electrons. The summed E-state index contributed by atoms with van der Waals surface area (Å²) in [5.41, 5.74) is 6.79. The lowest BCUT2D eigenvalue weighted by Crippen LogP contribution is -2.10. The van der Waals surface area contributed by atoms with E-state index in [9.17, 15) is 0 Å². The van der Waals surface area contributed by atoms with Crippen LogP contribution >= 0.6 is 0 Å². The molecule has 0 aliphatic carbocycles. The van der Waals surface area contributed by atoms with Crippen molar-refractivity contribution in [1.29, 1.82) is 0 Å². The molecule has 0 unspecified atom stereocenters. The van der Waals surface area contributed by atoms with Crippen molar-refractivity contribution in [2.45, 2.75) is 39.2 Å². The molecule has 0 saturated carbocycles. The molecular weight excluding hydrogens is 188 g/mol. The number of nitrogens with two attached hydrogens (primary N) is 1. The number of ether oxygens (including phenoxy) is 1. The Morgan fingerprint density at radius 1 is 1.40 bits per heavy atom.